The molecule has 2 heteroatoms. The van der Waals surface area contributed by atoms with E-state index in [-0.39, 0.29) is 11.6 Å². The summed E-state index contributed by atoms with van der Waals surface area (Å²) >= 11 is 0. The predicted molar refractivity (Wildman–Crippen MR) is 69.4 cm³/mol. The van der Waals surface area contributed by atoms with Gasteiger partial charge in [-0.1, -0.05) is 45.0 Å². The van der Waals surface area contributed by atoms with E-state index < -0.39 is 0 Å². The smallest absolute Gasteiger partial charge is 0.163 e. The molecule has 0 fully saturated rings. The molecule has 0 amide bonds. The molecule has 0 saturated heterocycles. The Kier molecular flexibility index (Phi) is 4.62. The third kappa shape index (κ3) is 3.52. The fraction of sp³-hybridized carbons (Fsp3) is 0.467. The Balaban J connectivity index is 2.93. The lowest BCUT2D eigenvalue weighted by atomic mass is 9.89. The van der Waals surface area contributed by atoms with E-state index >= 15 is 0 Å². The second kappa shape index (κ2) is 5.76. The molecule has 0 saturated carbocycles. The lowest BCUT2D eigenvalue weighted by molar-refractivity contribution is 0.0939. The Morgan fingerprint density at radius 1 is 1.06 bits per heavy atom. The minimum atomic E-state index is -0.0499. The lowest BCUT2D eigenvalue weighted by Crippen LogP contribution is -2.13. The van der Waals surface area contributed by atoms with E-state index in [1.165, 1.54) is 6.92 Å². The van der Waals surface area contributed by atoms with Crippen molar-refractivity contribution in [2.45, 2.75) is 34.1 Å². The standard InChI is InChI=1S/C15H20O2/c1-10(2)11(3)9-15(17)14-8-6-5-7-13(14)12(4)16/h5-8,10-11H,9H2,1-4H3. The summed E-state index contributed by atoms with van der Waals surface area (Å²) in [5.41, 5.74) is 1.10. The van der Waals surface area contributed by atoms with Crippen molar-refractivity contribution in [3.8, 4) is 0 Å². The van der Waals surface area contributed by atoms with Gasteiger partial charge in [0, 0.05) is 17.5 Å². The molecule has 92 valence electrons. The van der Waals surface area contributed by atoms with Crippen LogP contribution in [0.3, 0.4) is 0 Å². The SMILES string of the molecule is CC(=O)c1ccccc1C(=O)CC(C)C(C)C. The molecule has 1 aromatic rings. The van der Waals surface area contributed by atoms with Gasteiger partial charge in [0.2, 0.25) is 0 Å². The van der Waals surface area contributed by atoms with E-state index in [0.29, 0.717) is 29.4 Å². The molecule has 0 aliphatic carbocycles. The normalized spacial score (nSPS) is 12.5. The summed E-state index contributed by atoms with van der Waals surface area (Å²) in [5, 5.41) is 0. The zero-order valence-electron chi connectivity index (χ0n) is 11.0. The van der Waals surface area contributed by atoms with Crippen LogP contribution in [-0.2, 0) is 0 Å². The topological polar surface area (TPSA) is 34.1 Å². The summed E-state index contributed by atoms with van der Waals surface area (Å²) in [6, 6.07) is 7.06. The molecule has 0 heterocycles. The maximum absolute atomic E-state index is 12.1. The van der Waals surface area contributed by atoms with Gasteiger partial charge in [-0.25, -0.2) is 0 Å². The van der Waals surface area contributed by atoms with Crippen LogP contribution in [0.4, 0.5) is 0 Å². The van der Waals surface area contributed by atoms with Crippen LogP contribution < -0.4 is 0 Å². The van der Waals surface area contributed by atoms with Gasteiger partial charge >= 0.3 is 0 Å². The highest BCUT2D eigenvalue weighted by molar-refractivity contribution is 6.08. The minimum absolute atomic E-state index is 0.0499. The summed E-state index contributed by atoms with van der Waals surface area (Å²) in [4.78, 5) is 23.6. The van der Waals surface area contributed by atoms with Crippen LogP contribution in [0.2, 0.25) is 0 Å². The fourth-order valence-corrected chi connectivity index (χ4v) is 1.67. The van der Waals surface area contributed by atoms with Crippen molar-refractivity contribution < 1.29 is 9.59 Å². The van der Waals surface area contributed by atoms with E-state index in [4.69, 9.17) is 0 Å². The zero-order chi connectivity index (χ0) is 13.0. The van der Waals surface area contributed by atoms with Crippen molar-refractivity contribution in [1.29, 1.82) is 0 Å². The third-order valence-electron chi connectivity index (χ3n) is 3.25. The summed E-state index contributed by atoms with van der Waals surface area (Å²) in [5.74, 6) is 0.828. The van der Waals surface area contributed by atoms with Crippen LogP contribution >= 0.6 is 0 Å². The largest absolute Gasteiger partial charge is 0.294 e. The van der Waals surface area contributed by atoms with Gasteiger partial charge in [0.1, 0.15) is 0 Å². The molecule has 17 heavy (non-hydrogen) atoms. The van der Waals surface area contributed by atoms with Gasteiger partial charge < -0.3 is 0 Å². The Morgan fingerprint density at radius 3 is 2.06 bits per heavy atom. The first kappa shape index (κ1) is 13.6. The van der Waals surface area contributed by atoms with Crippen molar-refractivity contribution in [2.24, 2.45) is 11.8 Å². The average molecular weight is 232 g/mol. The molecular formula is C15H20O2. The van der Waals surface area contributed by atoms with Crippen LogP contribution in [0.5, 0.6) is 0 Å². The molecule has 0 aromatic heterocycles. The summed E-state index contributed by atoms with van der Waals surface area (Å²) in [7, 11) is 0. The van der Waals surface area contributed by atoms with E-state index in [9.17, 15) is 9.59 Å². The maximum Gasteiger partial charge on any atom is 0.163 e. The molecule has 1 unspecified atom stereocenters. The van der Waals surface area contributed by atoms with Crippen molar-refractivity contribution in [3.05, 3.63) is 35.4 Å². The van der Waals surface area contributed by atoms with Gasteiger partial charge in [-0.3, -0.25) is 9.59 Å². The monoisotopic (exact) mass is 232 g/mol. The number of ketones is 2. The molecule has 0 N–H and O–H groups in total. The van der Waals surface area contributed by atoms with Gasteiger partial charge in [0.15, 0.2) is 11.6 Å². The number of hydrogen-bond donors (Lipinski definition) is 0. The van der Waals surface area contributed by atoms with Gasteiger partial charge in [0.25, 0.3) is 0 Å². The first-order chi connectivity index (χ1) is 7.93. The number of carbonyl (C=O) groups excluding carboxylic acids is 2. The highest BCUT2D eigenvalue weighted by Gasteiger charge is 2.17. The van der Waals surface area contributed by atoms with Crippen LogP contribution in [-0.4, -0.2) is 11.6 Å². The summed E-state index contributed by atoms with van der Waals surface area (Å²) in [6.45, 7) is 7.78. The van der Waals surface area contributed by atoms with Gasteiger partial charge in [-0.05, 0) is 18.8 Å². The van der Waals surface area contributed by atoms with Crippen molar-refractivity contribution in [2.75, 3.05) is 0 Å². The molecular weight excluding hydrogens is 212 g/mol. The molecule has 0 bridgehead atoms. The first-order valence-electron chi connectivity index (χ1n) is 6.06. The quantitative estimate of drug-likeness (QED) is 0.724. The first-order valence-corrected chi connectivity index (χ1v) is 6.06. The van der Waals surface area contributed by atoms with Gasteiger partial charge in [0.05, 0.1) is 0 Å². The Hall–Kier alpha value is -1.44. The van der Waals surface area contributed by atoms with Gasteiger partial charge in [-0.2, -0.15) is 0 Å². The second-order valence-electron chi connectivity index (χ2n) is 4.95. The van der Waals surface area contributed by atoms with Crippen LogP contribution in [0.15, 0.2) is 24.3 Å². The third-order valence-corrected chi connectivity index (χ3v) is 3.25. The molecule has 1 atom stereocenters. The Labute approximate surface area is 103 Å². The van der Waals surface area contributed by atoms with Crippen LogP contribution in [0.1, 0.15) is 54.8 Å². The number of hydrogen-bond acceptors (Lipinski definition) is 2. The molecule has 1 aromatic carbocycles. The zero-order valence-corrected chi connectivity index (χ0v) is 11.0. The second-order valence-corrected chi connectivity index (χ2v) is 4.95. The van der Waals surface area contributed by atoms with E-state index in [0.717, 1.165) is 0 Å². The molecule has 0 aliphatic rings. The number of rotatable bonds is 5. The summed E-state index contributed by atoms with van der Waals surface area (Å²) < 4.78 is 0. The van der Waals surface area contributed by atoms with E-state index in [2.05, 4.69) is 20.8 Å². The molecule has 0 spiro atoms. The summed E-state index contributed by atoms with van der Waals surface area (Å²) in [6.07, 6.45) is 0.502. The van der Waals surface area contributed by atoms with E-state index in [1.54, 1.807) is 24.3 Å². The number of benzene rings is 1. The highest BCUT2D eigenvalue weighted by Crippen LogP contribution is 2.19. The maximum atomic E-state index is 12.1. The van der Waals surface area contributed by atoms with Crippen LogP contribution in [0, 0.1) is 11.8 Å². The molecule has 1 rings (SSSR count). The number of Topliss-reactive ketones (excluding diaryl/α,β-unsaturated/α-hetero) is 2. The highest BCUT2D eigenvalue weighted by atomic mass is 16.1. The fourth-order valence-electron chi connectivity index (χ4n) is 1.67. The van der Waals surface area contributed by atoms with E-state index in [1.807, 2.05) is 0 Å². The predicted octanol–water partition coefficient (Wildman–Crippen LogP) is 3.75. The minimum Gasteiger partial charge on any atom is -0.294 e. The number of carbonyl (C=O) groups is 2. The van der Waals surface area contributed by atoms with Gasteiger partial charge in [-0.15, -0.1) is 0 Å². The van der Waals surface area contributed by atoms with Crippen molar-refractivity contribution in [1.82, 2.24) is 0 Å². The van der Waals surface area contributed by atoms with Crippen LogP contribution in [0.25, 0.3) is 0 Å². The molecule has 0 radical (unpaired) electrons. The Morgan fingerprint density at radius 2 is 1.59 bits per heavy atom. The van der Waals surface area contributed by atoms with Crippen molar-refractivity contribution in [3.63, 3.8) is 0 Å². The lowest BCUT2D eigenvalue weighted by Gasteiger charge is -2.15. The molecule has 2 nitrogen and oxygen atoms in total. The average Bonchev–Trinajstić information content (AvgIpc) is 2.28. The van der Waals surface area contributed by atoms with Crippen molar-refractivity contribution >= 4 is 11.6 Å². The Bertz CT molecular complexity index is 419. The molecule has 0 aliphatic heterocycles.